The Kier molecular flexibility index (Phi) is 5.69. The van der Waals surface area contributed by atoms with E-state index in [0.717, 1.165) is 41.4 Å². The molecule has 4 rings (SSSR count). The third-order valence-electron chi connectivity index (χ3n) is 4.37. The number of hydrogen-bond donors (Lipinski definition) is 3. The smallest absolute Gasteiger partial charge is 0.0964 e. The highest BCUT2D eigenvalue weighted by molar-refractivity contribution is 7.99. The molecule has 140 valence electrons. The van der Waals surface area contributed by atoms with E-state index in [9.17, 15) is 0 Å². The number of thioether (sulfide) groups is 1. The van der Waals surface area contributed by atoms with Crippen LogP contribution in [0.4, 0.5) is 0 Å². The van der Waals surface area contributed by atoms with Crippen molar-refractivity contribution in [1.82, 2.24) is 35.7 Å². The summed E-state index contributed by atoms with van der Waals surface area (Å²) in [6.45, 7) is 6.27. The number of benzene rings is 1. The zero-order valence-electron chi connectivity index (χ0n) is 15.0. The Balaban J connectivity index is 1.61. The van der Waals surface area contributed by atoms with Crippen LogP contribution in [0, 0.1) is 0 Å². The summed E-state index contributed by atoms with van der Waals surface area (Å²) in [5.74, 6) is 0.986. The van der Waals surface area contributed by atoms with E-state index in [-0.39, 0.29) is 0 Å². The first kappa shape index (κ1) is 18.0. The molecule has 1 unspecified atom stereocenters. The molecule has 1 saturated heterocycles. The van der Waals surface area contributed by atoms with E-state index in [4.69, 9.17) is 4.98 Å². The van der Waals surface area contributed by atoms with Crippen molar-refractivity contribution in [2.24, 2.45) is 0 Å². The molecule has 0 spiro atoms. The molecular weight excluding hydrogens is 358 g/mol. The van der Waals surface area contributed by atoms with Crippen molar-refractivity contribution in [3.8, 4) is 22.5 Å². The summed E-state index contributed by atoms with van der Waals surface area (Å²) in [4.78, 5) is 4.72. The minimum absolute atomic E-state index is 0.376. The molecule has 2 aromatic heterocycles. The molecule has 0 radical (unpaired) electrons. The van der Waals surface area contributed by atoms with E-state index < -0.39 is 0 Å². The molecule has 27 heavy (non-hydrogen) atoms. The Morgan fingerprint density at radius 2 is 2.15 bits per heavy atom. The van der Waals surface area contributed by atoms with Gasteiger partial charge in [-0.3, -0.25) is 4.68 Å². The van der Waals surface area contributed by atoms with Gasteiger partial charge >= 0.3 is 0 Å². The van der Waals surface area contributed by atoms with Crippen LogP contribution in [0.5, 0.6) is 0 Å². The van der Waals surface area contributed by atoms with Gasteiger partial charge in [-0.05, 0) is 0 Å². The zero-order chi connectivity index (χ0) is 18.5. The van der Waals surface area contributed by atoms with E-state index in [1.165, 1.54) is 0 Å². The average Bonchev–Trinajstić information content (AvgIpc) is 3.43. The average molecular weight is 382 g/mol. The summed E-state index contributed by atoms with van der Waals surface area (Å²) >= 11 is 1.88. The predicted molar refractivity (Wildman–Crippen MR) is 110 cm³/mol. The van der Waals surface area contributed by atoms with Gasteiger partial charge < -0.3 is 4.57 Å². The molecule has 8 heteroatoms. The third-order valence-corrected chi connectivity index (χ3v) is 5.47. The summed E-state index contributed by atoms with van der Waals surface area (Å²) < 4.78 is 4.11. The first-order valence-corrected chi connectivity index (χ1v) is 9.99. The Bertz CT molecular complexity index is 881. The van der Waals surface area contributed by atoms with Gasteiger partial charge in [0.25, 0.3) is 0 Å². The van der Waals surface area contributed by atoms with Gasteiger partial charge in [-0.1, -0.05) is 36.4 Å². The molecule has 7 nitrogen and oxygen atoms in total. The number of nitrogens with one attached hydrogen (secondary N) is 3. The van der Waals surface area contributed by atoms with Crippen molar-refractivity contribution < 1.29 is 0 Å². The largest absolute Gasteiger partial charge is 0.329 e. The summed E-state index contributed by atoms with van der Waals surface area (Å²) in [5.41, 5.74) is 13.5. The predicted octanol–water partition coefficient (Wildman–Crippen LogP) is 2.27. The van der Waals surface area contributed by atoms with Crippen LogP contribution in [0.15, 0.2) is 61.7 Å². The second kappa shape index (κ2) is 8.53. The molecule has 1 aliphatic heterocycles. The van der Waals surface area contributed by atoms with Crippen molar-refractivity contribution >= 4 is 11.8 Å². The maximum absolute atomic E-state index is 4.72. The topological polar surface area (TPSA) is 71.7 Å². The highest BCUT2D eigenvalue weighted by Crippen LogP contribution is 2.31. The van der Waals surface area contributed by atoms with Gasteiger partial charge in [0.1, 0.15) is 0 Å². The fourth-order valence-corrected chi connectivity index (χ4v) is 4.03. The Hall–Kier alpha value is -2.39. The van der Waals surface area contributed by atoms with Crippen molar-refractivity contribution in [2.75, 3.05) is 12.3 Å². The lowest BCUT2D eigenvalue weighted by molar-refractivity contribution is 0.586. The number of rotatable bonds is 8. The Morgan fingerprint density at radius 3 is 2.93 bits per heavy atom. The second-order valence-corrected chi connectivity index (χ2v) is 7.56. The normalized spacial score (nSPS) is 16.7. The summed E-state index contributed by atoms with van der Waals surface area (Å²) in [5, 5.41) is 4.83. The van der Waals surface area contributed by atoms with E-state index in [0.29, 0.717) is 11.9 Å². The van der Waals surface area contributed by atoms with E-state index >= 15 is 0 Å². The molecule has 3 heterocycles. The summed E-state index contributed by atoms with van der Waals surface area (Å²) in [6, 6.07) is 10.3. The van der Waals surface area contributed by atoms with Gasteiger partial charge in [-0.15, -0.1) is 18.3 Å². The monoisotopic (exact) mass is 381 g/mol. The highest BCUT2D eigenvalue weighted by Gasteiger charge is 2.18. The van der Waals surface area contributed by atoms with Crippen LogP contribution in [0.3, 0.4) is 0 Å². The van der Waals surface area contributed by atoms with Gasteiger partial charge in [0.15, 0.2) is 0 Å². The fourth-order valence-electron chi connectivity index (χ4n) is 3.10. The third kappa shape index (κ3) is 4.14. The lowest BCUT2D eigenvalue weighted by Gasteiger charge is -2.11. The number of imidazole rings is 1. The molecular formula is C19H23N7S. The molecule has 1 atom stereocenters. The van der Waals surface area contributed by atoms with Crippen LogP contribution in [0.1, 0.15) is 0 Å². The number of allylic oxidation sites excluding steroid dienone is 1. The molecule has 0 bridgehead atoms. The fraction of sp³-hybridized carbons (Fsp3) is 0.263. The maximum Gasteiger partial charge on any atom is 0.0964 e. The number of hydrogen-bond acceptors (Lipinski definition) is 6. The van der Waals surface area contributed by atoms with E-state index in [1.807, 2.05) is 53.2 Å². The Morgan fingerprint density at radius 1 is 1.26 bits per heavy atom. The molecule has 0 aliphatic carbocycles. The van der Waals surface area contributed by atoms with Gasteiger partial charge in [0.2, 0.25) is 0 Å². The lowest BCUT2D eigenvalue weighted by Crippen LogP contribution is -2.32. The van der Waals surface area contributed by atoms with Gasteiger partial charge in [0, 0.05) is 36.2 Å². The molecule has 3 N–H and O–H groups in total. The maximum atomic E-state index is 4.72. The lowest BCUT2D eigenvalue weighted by atomic mass is 10.1. The van der Waals surface area contributed by atoms with E-state index in [1.54, 1.807) is 0 Å². The number of aryl methyl sites for hydroxylation is 1. The quantitative estimate of drug-likeness (QED) is 0.520. The van der Waals surface area contributed by atoms with Crippen LogP contribution in [0.2, 0.25) is 0 Å². The zero-order valence-corrected chi connectivity index (χ0v) is 15.8. The highest BCUT2D eigenvalue weighted by atomic mass is 32.2. The van der Waals surface area contributed by atoms with Crippen molar-refractivity contribution in [3.63, 3.8) is 0 Å². The van der Waals surface area contributed by atoms with Gasteiger partial charge in [-0.2, -0.15) is 10.6 Å². The number of hydrazine groups is 2. The van der Waals surface area contributed by atoms with Crippen molar-refractivity contribution in [3.05, 3.63) is 61.7 Å². The van der Waals surface area contributed by atoms with E-state index in [2.05, 4.69) is 51.0 Å². The molecule has 1 aromatic carbocycles. The van der Waals surface area contributed by atoms with Crippen LogP contribution in [-0.2, 0) is 13.1 Å². The molecule has 1 fully saturated rings. The van der Waals surface area contributed by atoms with Crippen LogP contribution < -0.4 is 16.4 Å². The number of aromatic nitrogens is 4. The number of nitrogens with zero attached hydrogens (tertiary/aromatic N) is 4. The van der Waals surface area contributed by atoms with Gasteiger partial charge in [0.05, 0.1) is 35.8 Å². The standard InChI is InChI=1S/C19H23N7S/c1-2-8-26-13-16(11-22-26)19-18(15-6-4-3-5-7-15)20-14-25(19)9-10-27-17-12-21-24-23-17/h2-7,11,13-14,17,21,23-24H,1,8-10,12H2. The van der Waals surface area contributed by atoms with Crippen LogP contribution in [-0.4, -0.2) is 37.0 Å². The SMILES string of the molecule is C=CCn1cc(-c2c(-c3ccccc3)ncn2CCSC2CNNN2)cn1. The van der Waals surface area contributed by atoms with Gasteiger partial charge in [-0.25, -0.2) is 15.8 Å². The molecule has 3 aromatic rings. The minimum Gasteiger partial charge on any atom is -0.329 e. The Labute approximate surface area is 162 Å². The summed E-state index contributed by atoms with van der Waals surface area (Å²) in [7, 11) is 0. The molecule has 1 aliphatic rings. The molecule has 0 saturated carbocycles. The van der Waals surface area contributed by atoms with Crippen LogP contribution >= 0.6 is 11.8 Å². The first-order valence-electron chi connectivity index (χ1n) is 8.94. The first-order chi connectivity index (χ1) is 13.3. The summed E-state index contributed by atoms with van der Waals surface area (Å²) in [6.07, 6.45) is 7.74. The van der Waals surface area contributed by atoms with Crippen molar-refractivity contribution in [2.45, 2.75) is 18.5 Å². The molecule has 0 amide bonds. The second-order valence-electron chi connectivity index (χ2n) is 6.25. The minimum atomic E-state index is 0.376. The van der Waals surface area contributed by atoms with Crippen LogP contribution in [0.25, 0.3) is 22.5 Å². The van der Waals surface area contributed by atoms with Crippen molar-refractivity contribution in [1.29, 1.82) is 0 Å².